The van der Waals surface area contributed by atoms with E-state index in [1.807, 2.05) is 0 Å². The molecule has 1 aromatic rings. The maximum absolute atomic E-state index is 13.0. The molecule has 0 aliphatic carbocycles. The highest BCUT2D eigenvalue weighted by Crippen LogP contribution is 2.16. The third kappa shape index (κ3) is 5.70. The molecule has 0 heterocycles. The largest absolute Gasteiger partial charge is 0.478 e. The molecule has 0 fully saturated rings. The molecule has 0 aliphatic rings. The normalized spacial score (nSPS) is 10.7. The van der Waals surface area contributed by atoms with Crippen LogP contribution in [0.1, 0.15) is 30.6 Å². The van der Waals surface area contributed by atoms with Crippen LogP contribution in [0.4, 0.5) is 10.1 Å². The summed E-state index contributed by atoms with van der Waals surface area (Å²) in [7, 11) is 0. The van der Waals surface area contributed by atoms with Gasteiger partial charge in [-0.1, -0.05) is 13.8 Å². The highest BCUT2D eigenvalue weighted by atomic mass is 19.1. The molecule has 0 radical (unpaired) electrons. The predicted octanol–water partition coefficient (Wildman–Crippen LogP) is 3.00. The molecule has 2 N–H and O–H groups in total. The third-order valence-corrected chi connectivity index (χ3v) is 2.61. The van der Waals surface area contributed by atoms with Crippen molar-refractivity contribution in [2.75, 3.05) is 25.1 Å². The van der Waals surface area contributed by atoms with Crippen LogP contribution in [-0.4, -0.2) is 30.8 Å². The lowest BCUT2D eigenvalue weighted by Crippen LogP contribution is -2.13. The number of benzene rings is 1. The third-order valence-electron chi connectivity index (χ3n) is 2.61. The van der Waals surface area contributed by atoms with E-state index < -0.39 is 11.8 Å². The SMILES string of the molecule is CC(C)CCOCCNc1ccc(F)cc1C(=O)O. The van der Waals surface area contributed by atoms with E-state index >= 15 is 0 Å². The van der Waals surface area contributed by atoms with Crippen molar-refractivity contribution in [3.63, 3.8) is 0 Å². The average molecular weight is 269 g/mol. The van der Waals surface area contributed by atoms with Gasteiger partial charge in [0.1, 0.15) is 5.82 Å². The monoisotopic (exact) mass is 269 g/mol. The molecule has 5 heteroatoms. The number of hydrogen-bond donors (Lipinski definition) is 2. The molecule has 0 spiro atoms. The van der Waals surface area contributed by atoms with Gasteiger partial charge in [0.05, 0.1) is 12.2 Å². The van der Waals surface area contributed by atoms with Crippen molar-refractivity contribution >= 4 is 11.7 Å². The number of halogens is 1. The number of carbonyl (C=O) groups is 1. The van der Waals surface area contributed by atoms with Gasteiger partial charge in [0.15, 0.2) is 0 Å². The Morgan fingerprint density at radius 2 is 2.16 bits per heavy atom. The molecule has 0 saturated carbocycles. The molecule has 0 amide bonds. The van der Waals surface area contributed by atoms with Crippen LogP contribution >= 0.6 is 0 Å². The Bertz CT molecular complexity index is 421. The van der Waals surface area contributed by atoms with E-state index in [2.05, 4.69) is 19.2 Å². The molecule has 1 rings (SSSR count). The number of anilines is 1. The van der Waals surface area contributed by atoms with Crippen molar-refractivity contribution in [1.82, 2.24) is 0 Å². The van der Waals surface area contributed by atoms with E-state index in [9.17, 15) is 9.18 Å². The first-order chi connectivity index (χ1) is 9.00. The fraction of sp³-hybridized carbons (Fsp3) is 0.500. The van der Waals surface area contributed by atoms with Gasteiger partial charge in [-0.15, -0.1) is 0 Å². The number of nitrogens with one attached hydrogen (secondary N) is 1. The van der Waals surface area contributed by atoms with Crippen molar-refractivity contribution in [2.45, 2.75) is 20.3 Å². The zero-order chi connectivity index (χ0) is 14.3. The molecule has 1 aromatic carbocycles. The molecule has 0 saturated heterocycles. The number of carboxylic acids is 1. The van der Waals surface area contributed by atoms with Crippen LogP contribution in [0.25, 0.3) is 0 Å². The molecule has 4 nitrogen and oxygen atoms in total. The Morgan fingerprint density at radius 3 is 2.79 bits per heavy atom. The van der Waals surface area contributed by atoms with E-state index in [-0.39, 0.29) is 5.56 Å². The van der Waals surface area contributed by atoms with Gasteiger partial charge in [0.2, 0.25) is 0 Å². The molecule has 19 heavy (non-hydrogen) atoms. The first-order valence-electron chi connectivity index (χ1n) is 6.35. The Labute approximate surface area is 112 Å². The summed E-state index contributed by atoms with van der Waals surface area (Å²) in [5.41, 5.74) is 0.337. The maximum Gasteiger partial charge on any atom is 0.337 e. The van der Waals surface area contributed by atoms with E-state index in [1.165, 1.54) is 12.1 Å². The lowest BCUT2D eigenvalue weighted by molar-refractivity contribution is 0.0697. The first-order valence-corrected chi connectivity index (χ1v) is 6.35. The van der Waals surface area contributed by atoms with Crippen molar-refractivity contribution in [3.8, 4) is 0 Å². The van der Waals surface area contributed by atoms with Gasteiger partial charge in [0, 0.05) is 18.8 Å². The van der Waals surface area contributed by atoms with E-state index in [0.29, 0.717) is 31.4 Å². The highest BCUT2D eigenvalue weighted by Gasteiger charge is 2.10. The fourth-order valence-electron chi connectivity index (χ4n) is 1.53. The minimum absolute atomic E-state index is 0.0674. The van der Waals surface area contributed by atoms with Crippen LogP contribution in [0.2, 0.25) is 0 Å². The number of hydrogen-bond acceptors (Lipinski definition) is 3. The maximum atomic E-state index is 13.0. The van der Waals surface area contributed by atoms with Crippen LogP contribution < -0.4 is 5.32 Å². The Balaban J connectivity index is 2.39. The van der Waals surface area contributed by atoms with Crippen molar-refractivity contribution in [3.05, 3.63) is 29.6 Å². The van der Waals surface area contributed by atoms with E-state index in [0.717, 1.165) is 12.5 Å². The lowest BCUT2D eigenvalue weighted by atomic mass is 10.1. The standard InChI is InChI=1S/C14H20FNO3/c1-10(2)5-7-19-8-6-16-13-4-3-11(15)9-12(13)14(17)18/h3-4,9-10,16H,5-8H2,1-2H3,(H,17,18). The minimum atomic E-state index is -1.15. The topological polar surface area (TPSA) is 58.6 Å². The highest BCUT2D eigenvalue weighted by molar-refractivity contribution is 5.94. The average Bonchev–Trinajstić information content (AvgIpc) is 2.34. The first kappa shape index (κ1) is 15.4. The molecule has 0 unspecified atom stereocenters. The van der Waals surface area contributed by atoms with Gasteiger partial charge in [-0.2, -0.15) is 0 Å². The summed E-state index contributed by atoms with van der Waals surface area (Å²) in [4.78, 5) is 10.9. The van der Waals surface area contributed by atoms with E-state index in [1.54, 1.807) is 0 Å². The summed E-state index contributed by atoms with van der Waals surface area (Å²) in [6.07, 6.45) is 0.997. The van der Waals surface area contributed by atoms with Gasteiger partial charge in [-0.25, -0.2) is 9.18 Å². The summed E-state index contributed by atoms with van der Waals surface area (Å²) in [6.45, 7) is 5.92. The molecular formula is C14H20FNO3. The number of carboxylic acid groups (broad SMARTS) is 1. The van der Waals surface area contributed by atoms with Gasteiger partial charge in [0.25, 0.3) is 0 Å². The Hall–Kier alpha value is -1.62. The van der Waals surface area contributed by atoms with Crippen molar-refractivity contribution in [1.29, 1.82) is 0 Å². The Morgan fingerprint density at radius 1 is 1.42 bits per heavy atom. The summed E-state index contributed by atoms with van der Waals surface area (Å²) in [5.74, 6) is -1.11. The van der Waals surface area contributed by atoms with Crippen LogP contribution in [0.3, 0.4) is 0 Å². The van der Waals surface area contributed by atoms with Crippen LogP contribution in [0.15, 0.2) is 18.2 Å². The number of ether oxygens (including phenoxy) is 1. The van der Waals surface area contributed by atoms with Crippen molar-refractivity contribution < 1.29 is 19.0 Å². The minimum Gasteiger partial charge on any atom is -0.478 e. The molecule has 0 atom stereocenters. The van der Waals surface area contributed by atoms with Crippen LogP contribution in [0.5, 0.6) is 0 Å². The fourth-order valence-corrected chi connectivity index (χ4v) is 1.53. The van der Waals surface area contributed by atoms with Crippen molar-refractivity contribution in [2.24, 2.45) is 5.92 Å². The zero-order valence-electron chi connectivity index (χ0n) is 11.3. The summed E-state index contributed by atoms with van der Waals surface area (Å²) in [5, 5.41) is 11.9. The van der Waals surface area contributed by atoms with Gasteiger partial charge in [-0.05, 0) is 30.5 Å². The molecule has 106 valence electrons. The van der Waals surface area contributed by atoms with E-state index in [4.69, 9.17) is 9.84 Å². The van der Waals surface area contributed by atoms with Gasteiger partial charge >= 0.3 is 5.97 Å². The lowest BCUT2D eigenvalue weighted by Gasteiger charge is -2.10. The van der Waals surface area contributed by atoms with Gasteiger partial charge < -0.3 is 15.2 Å². The zero-order valence-corrected chi connectivity index (χ0v) is 11.3. The molecule has 0 bridgehead atoms. The second-order valence-corrected chi connectivity index (χ2v) is 4.72. The Kier molecular flexibility index (Phi) is 6.29. The quantitative estimate of drug-likeness (QED) is 0.712. The summed E-state index contributed by atoms with van der Waals surface area (Å²) < 4.78 is 18.4. The molecular weight excluding hydrogens is 249 g/mol. The molecule has 0 aliphatic heterocycles. The van der Waals surface area contributed by atoms with Crippen LogP contribution in [-0.2, 0) is 4.74 Å². The van der Waals surface area contributed by atoms with Gasteiger partial charge in [-0.3, -0.25) is 0 Å². The molecule has 0 aromatic heterocycles. The predicted molar refractivity (Wildman–Crippen MR) is 72.1 cm³/mol. The second kappa shape index (κ2) is 7.74. The number of rotatable bonds is 8. The summed E-state index contributed by atoms with van der Waals surface area (Å²) >= 11 is 0. The number of aromatic carboxylic acids is 1. The smallest absolute Gasteiger partial charge is 0.337 e. The second-order valence-electron chi connectivity index (χ2n) is 4.72. The summed E-state index contributed by atoms with van der Waals surface area (Å²) in [6, 6.07) is 3.66. The van der Waals surface area contributed by atoms with Crippen LogP contribution in [0, 0.1) is 11.7 Å².